The highest BCUT2D eigenvalue weighted by atomic mass is 32.1. The van der Waals surface area contributed by atoms with Crippen LogP contribution in [0, 0.1) is 5.92 Å². The molecule has 3 nitrogen and oxygen atoms in total. The molecule has 76 valence electrons. The molecular formula is C9H17NO2S. The Balaban J connectivity index is 2.37. The third kappa shape index (κ3) is 3.19. The molecule has 13 heavy (non-hydrogen) atoms. The lowest BCUT2D eigenvalue weighted by Crippen LogP contribution is -2.41. The number of methoxy groups -OCH3 is 1. The molecule has 0 bridgehead atoms. The molecular weight excluding hydrogens is 186 g/mol. The fraction of sp³-hybridized carbons (Fsp3) is 0.889. The second kappa shape index (κ2) is 5.50. The van der Waals surface area contributed by atoms with E-state index in [1.54, 1.807) is 7.11 Å². The van der Waals surface area contributed by atoms with Crippen LogP contribution in [0.4, 0.5) is 0 Å². The lowest BCUT2D eigenvalue weighted by molar-refractivity contribution is -0.130. The van der Waals surface area contributed by atoms with E-state index in [1.165, 1.54) is 6.42 Å². The average molecular weight is 203 g/mol. The van der Waals surface area contributed by atoms with Gasteiger partial charge in [0.2, 0.25) is 5.91 Å². The summed E-state index contributed by atoms with van der Waals surface area (Å²) in [6, 6.07) is 0. The highest BCUT2D eigenvalue weighted by molar-refractivity contribution is 7.81. The van der Waals surface area contributed by atoms with Gasteiger partial charge in [0.1, 0.15) is 0 Å². The van der Waals surface area contributed by atoms with Crippen LogP contribution >= 0.6 is 12.6 Å². The van der Waals surface area contributed by atoms with Crippen LogP contribution in [0.25, 0.3) is 0 Å². The Morgan fingerprint density at radius 1 is 1.69 bits per heavy atom. The lowest BCUT2D eigenvalue weighted by atomic mass is 9.99. The molecule has 4 heteroatoms. The normalized spacial score (nSPS) is 23.2. The van der Waals surface area contributed by atoms with Crippen molar-refractivity contribution in [2.45, 2.75) is 12.8 Å². The molecule has 0 spiro atoms. The van der Waals surface area contributed by atoms with E-state index in [9.17, 15) is 4.79 Å². The van der Waals surface area contributed by atoms with Gasteiger partial charge in [-0.05, 0) is 18.8 Å². The number of hydrogen-bond donors (Lipinski definition) is 1. The first kappa shape index (κ1) is 10.9. The first-order valence-corrected chi connectivity index (χ1v) is 5.28. The third-order valence-corrected chi connectivity index (χ3v) is 2.68. The number of likely N-dealkylation sites (tertiary alicyclic amines) is 1. The van der Waals surface area contributed by atoms with Crippen molar-refractivity contribution in [3.8, 4) is 0 Å². The maximum absolute atomic E-state index is 11.3. The predicted octanol–water partition coefficient (Wildman–Crippen LogP) is 0.801. The Hall–Kier alpha value is -0.220. The maximum Gasteiger partial charge on any atom is 0.232 e. The maximum atomic E-state index is 11.3. The van der Waals surface area contributed by atoms with E-state index in [1.807, 2.05) is 4.90 Å². The molecule has 0 aromatic rings. The van der Waals surface area contributed by atoms with Crippen molar-refractivity contribution >= 4 is 18.5 Å². The predicted molar refractivity (Wildman–Crippen MR) is 55.0 cm³/mol. The van der Waals surface area contributed by atoms with Gasteiger partial charge >= 0.3 is 0 Å². The van der Waals surface area contributed by atoms with E-state index < -0.39 is 0 Å². The van der Waals surface area contributed by atoms with Crippen LogP contribution in [0.15, 0.2) is 0 Å². The van der Waals surface area contributed by atoms with Gasteiger partial charge in [-0.15, -0.1) is 0 Å². The number of thiol groups is 1. The minimum absolute atomic E-state index is 0.143. The van der Waals surface area contributed by atoms with Gasteiger partial charge in [-0.3, -0.25) is 4.79 Å². The van der Waals surface area contributed by atoms with Crippen molar-refractivity contribution in [2.75, 3.05) is 32.6 Å². The Labute approximate surface area is 84.8 Å². The summed E-state index contributed by atoms with van der Waals surface area (Å²) in [7, 11) is 1.71. The number of amides is 1. The molecule has 1 unspecified atom stereocenters. The van der Waals surface area contributed by atoms with E-state index in [0.29, 0.717) is 11.7 Å². The largest absolute Gasteiger partial charge is 0.384 e. The number of rotatable bonds is 3. The molecule has 1 saturated heterocycles. The Morgan fingerprint density at radius 2 is 2.46 bits per heavy atom. The highest BCUT2D eigenvalue weighted by Gasteiger charge is 2.22. The van der Waals surface area contributed by atoms with E-state index in [0.717, 1.165) is 26.1 Å². The van der Waals surface area contributed by atoms with Crippen molar-refractivity contribution in [1.29, 1.82) is 0 Å². The van der Waals surface area contributed by atoms with Gasteiger partial charge in [0, 0.05) is 20.2 Å². The van der Waals surface area contributed by atoms with Crippen LogP contribution < -0.4 is 0 Å². The molecule has 1 heterocycles. The number of piperidine rings is 1. The van der Waals surface area contributed by atoms with Crippen LogP contribution in [0.3, 0.4) is 0 Å². The van der Waals surface area contributed by atoms with Gasteiger partial charge in [-0.2, -0.15) is 12.6 Å². The van der Waals surface area contributed by atoms with Gasteiger partial charge in [-0.1, -0.05) is 0 Å². The molecule has 0 saturated carbocycles. The van der Waals surface area contributed by atoms with Crippen molar-refractivity contribution < 1.29 is 9.53 Å². The van der Waals surface area contributed by atoms with Gasteiger partial charge in [0.05, 0.1) is 12.4 Å². The zero-order chi connectivity index (χ0) is 9.68. The smallest absolute Gasteiger partial charge is 0.232 e. The monoisotopic (exact) mass is 203 g/mol. The number of ether oxygens (including phenoxy) is 1. The van der Waals surface area contributed by atoms with Crippen molar-refractivity contribution in [3.05, 3.63) is 0 Å². The van der Waals surface area contributed by atoms with Gasteiger partial charge in [0.15, 0.2) is 0 Å². The Kier molecular flexibility index (Phi) is 4.59. The molecule has 0 radical (unpaired) electrons. The molecule has 0 aliphatic carbocycles. The highest BCUT2D eigenvalue weighted by Crippen LogP contribution is 2.16. The molecule has 1 amide bonds. The summed E-state index contributed by atoms with van der Waals surface area (Å²) < 4.78 is 5.09. The zero-order valence-corrected chi connectivity index (χ0v) is 8.93. The fourth-order valence-corrected chi connectivity index (χ4v) is 1.96. The molecule has 1 aliphatic rings. The van der Waals surface area contributed by atoms with E-state index >= 15 is 0 Å². The van der Waals surface area contributed by atoms with Crippen molar-refractivity contribution in [2.24, 2.45) is 5.92 Å². The summed E-state index contributed by atoms with van der Waals surface area (Å²) in [5.41, 5.74) is 0. The van der Waals surface area contributed by atoms with Gasteiger partial charge in [0.25, 0.3) is 0 Å². The molecule has 1 fully saturated rings. The number of carbonyl (C=O) groups is 1. The Bertz CT molecular complexity index is 173. The molecule has 1 rings (SSSR count). The summed E-state index contributed by atoms with van der Waals surface area (Å²) in [6.07, 6.45) is 2.26. The second-order valence-corrected chi connectivity index (χ2v) is 3.78. The van der Waals surface area contributed by atoms with Crippen molar-refractivity contribution in [3.63, 3.8) is 0 Å². The van der Waals surface area contributed by atoms with Gasteiger partial charge in [-0.25, -0.2) is 0 Å². The third-order valence-electron chi connectivity index (χ3n) is 2.41. The molecule has 1 aliphatic heterocycles. The Morgan fingerprint density at radius 3 is 3.08 bits per heavy atom. The summed E-state index contributed by atoms with van der Waals surface area (Å²) in [5.74, 6) is 0.978. The second-order valence-electron chi connectivity index (χ2n) is 3.46. The topological polar surface area (TPSA) is 29.5 Å². The molecule has 0 aromatic carbocycles. The van der Waals surface area contributed by atoms with E-state index in [-0.39, 0.29) is 5.91 Å². The average Bonchev–Trinajstić information content (AvgIpc) is 2.18. The fourth-order valence-electron chi connectivity index (χ4n) is 1.76. The summed E-state index contributed by atoms with van der Waals surface area (Å²) >= 11 is 3.99. The standard InChI is InChI=1S/C9H17NO2S/c1-12-6-8-3-2-4-10(5-8)9(11)7-13/h8,13H,2-7H2,1H3. The molecule has 0 aromatic heterocycles. The van der Waals surface area contributed by atoms with Crippen LogP contribution in [0.5, 0.6) is 0 Å². The molecule has 0 N–H and O–H groups in total. The first-order chi connectivity index (χ1) is 6.27. The van der Waals surface area contributed by atoms with Crippen LogP contribution in [0.1, 0.15) is 12.8 Å². The SMILES string of the molecule is COCC1CCCN(C(=O)CS)C1. The van der Waals surface area contributed by atoms with E-state index in [4.69, 9.17) is 4.74 Å². The number of carbonyl (C=O) groups excluding carboxylic acids is 1. The van der Waals surface area contributed by atoms with Crippen molar-refractivity contribution in [1.82, 2.24) is 4.90 Å². The minimum Gasteiger partial charge on any atom is -0.384 e. The zero-order valence-electron chi connectivity index (χ0n) is 8.03. The summed E-state index contributed by atoms with van der Waals surface area (Å²) in [5, 5.41) is 0. The quantitative estimate of drug-likeness (QED) is 0.688. The summed E-state index contributed by atoms with van der Waals surface area (Å²) in [6.45, 7) is 2.49. The van der Waals surface area contributed by atoms with Gasteiger partial charge < -0.3 is 9.64 Å². The summed E-state index contributed by atoms with van der Waals surface area (Å²) in [4.78, 5) is 13.2. The lowest BCUT2D eigenvalue weighted by Gasteiger charge is -2.32. The number of hydrogen-bond acceptors (Lipinski definition) is 3. The van der Waals surface area contributed by atoms with Crippen LogP contribution in [-0.2, 0) is 9.53 Å². The molecule has 1 atom stereocenters. The van der Waals surface area contributed by atoms with Crippen LogP contribution in [0.2, 0.25) is 0 Å². The minimum atomic E-state index is 0.143. The van der Waals surface area contributed by atoms with E-state index in [2.05, 4.69) is 12.6 Å². The first-order valence-electron chi connectivity index (χ1n) is 4.65. The van der Waals surface area contributed by atoms with Crippen LogP contribution in [-0.4, -0.2) is 43.4 Å². The number of nitrogens with zero attached hydrogens (tertiary/aromatic N) is 1.